The Labute approximate surface area is 222 Å². The zero-order chi connectivity index (χ0) is 27.2. The van der Waals surface area contributed by atoms with Crippen LogP contribution in [0.15, 0.2) is 72.8 Å². The minimum atomic E-state index is -0.818. The molecule has 8 nitrogen and oxygen atoms in total. The summed E-state index contributed by atoms with van der Waals surface area (Å²) in [6, 6.07) is 20.8. The van der Waals surface area contributed by atoms with Gasteiger partial charge in [-0.1, -0.05) is 69.3 Å². The van der Waals surface area contributed by atoms with Gasteiger partial charge in [0.15, 0.2) is 0 Å². The van der Waals surface area contributed by atoms with E-state index in [9.17, 15) is 9.59 Å². The number of carbonyl (C=O) groups is 2. The smallest absolute Gasteiger partial charge is 0.325 e. The molecule has 1 aliphatic rings. The summed E-state index contributed by atoms with van der Waals surface area (Å²) >= 11 is 0. The second-order valence-corrected chi connectivity index (χ2v) is 9.02. The van der Waals surface area contributed by atoms with Crippen molar-refractivity contribution in [3.63, 3.8) is 0 Å². The second-order valence-electron chi connectivity index (χ2n) is 9.02. The number of amides is 3. The van der Waals surface area contributed by atoms with E-state index in [1.165, 1.54) is 4.90 Å². The first-order valence-electron chi connectivity index (χ1n) is 12.9. The number of imide groups is 1. The van der Waals surface area contributed by atoms with Crippen molar-refractivity contribution < 1.29 is 19.4 Å². The largest absolute Gasteiger partial charge is 0.491 e. The van der Waals surface area contributed by atoms with E-state index >= 15 is 0 Å². The number of carbonyl (C=O) groups excluding carboxylic acids is 2. The minimum absolute atomic E-state index is 0.0871. The van der Waals surface area contributed by atoms with E-state index in [4.69, 9.17) is 14.8 Å². The zero-order valence-corrected chi connectivity index (χ0v) is 22.1. The number of benzene rings is 3. The summed E-state index contributed by atoms with van der Waals surface area (Å²) in [5.41, 5.74) is 4.37. The molecule has 8 heteroatoms. The molecule has 0 unspecified atom stereocenters. The van der Waals surface area contributed by atoms with E-state index in [2.05, 4.69) is 10.3 Å². The number of aliphatic hydroxyl groups excluding tert-OH is 1. The number of ether oxygens (including phenoxy) is 1. The number of aliphatic hydroxyl groups is 1. The lowest BCUT2D eigenvalue weighted by atomic mass is 9.91. The first kappa shape index (κ1) is 26.9. The number of urea groups is 1. The number of imidazole rings is 1. The highest BCUT2D eigenvalue weighted by Gasteiger charge is 2.46. The van der Waals surface area contributed by atoms with Crippen LogP contribution in [0.2, 0.25) is 0 Å². The van der Waals surface area contributed by atoms with Gasteiger partial charge >= 0.3 is 6.03 Å². The van der Waals surface area contributed by atoms with Gasteiger partial charge in [0.05, 0.1) is 17.6 Å². The standard InChI is InChI=1S/C28H28N4O4.C2H6/c1-17-8-13-22-23(16-17)30-26(29-22)25(18(2)19-6-4-3-5-7-19)32-27(34)24(31-28(32)35)20-9-11-21(12-10-20)36-15-14-33;1-2/h3-13,16,18,24-25,33H,14-15H2,1-2H3,(H,29,30)(H,31,35);1-2H3/t18-,24+,25-;/m0./s1. The van der Waals surface area contributed by atoms with Gasteiger partial charge in [-0.2, -0.15) is 0 Å². The van der Waals surface area contributed by atoms with E-state index in [1.54, 1.807) is 24.3 Å². The third kappa shape index (κ3) is 5.40. The molecule has 3 atom stereocenters. The molecule has 5 rings (SSSR count). The number of fused-ring (bicyclic) bond motifs is 1. The number of nitrogens with one attached hydrogen (secondary N) is 2. The van der Waals surface area contributed by atoms with Crippen LogP contribution in [0.1, 0.15) is 61.3 Å². The minimum Gasteiger partial charge on any atom is -0.491 e. The lowest BCUT2D eigenvalue weighted by molar-refractivity contribution is -0.129. The number of aromatic nitrogens is 2. The molecule has 0 bridgehead atoms. The van der Waals surface area contributed by atoms with Crippen LogP contribution in [0.25, 0.3) is 11.0 Å². The molecule has 198 valence electrons. The SMILES string of the molecule is CC.Cc1ccc2nc([C@H]([C@@H](C)c3ccccc3)N3C(=O)N[C@H](c4ccc(OCCO)cc4)C3=O)[nH]c2c1. The Morgan fingerprint density at radius 1 is 1.03 bits per heavy atom. The van der Waals surface area contributed by atoms with Gasteiger partial charge in [0.25, 0.3) is 5.91 Å². The highest BCUT2D eigenvalue weighted by atomic mass is 16.5. The Kier molecular flexibility index (Phi) is 8.43. The number of hydrogen-bond donors (Lipinski definition) is 3. The third-order valence-corrected chi connectivity index (χ3v) is 6.56. The average molecular weight is 515 g/mol. The summed E-state index contributed by atoms with van der Waals surface area (Å²) in [6.45, 7) is 8.10. The van der Waals surface area contributed by atoms with Crippen LogP contribution >= 0.6 is 0 Å². The number of rotatable bonds is 8. The van der Waals surface area contributed by atoms with Crippen molar-refractivity contribution in [1.82, 2.24) is 20.2 Å². The van der Waals surface area contributed by atoms with E-state index < -0.39 is 18.1 Å². The third-order valence-electron chi connectivity index (χ3n) is 6.56. The molecule has 0 aliphatic carbocycles. The first-order valence-corrected chi connectivity index (χ1v) is 12.9. The molecule has 2 heterocycles. The van der Waals surface area contributed by atoms with Crippen molar-refractivity contribution in [1.29, 1.82) is 0 Å². The maximum Gasteiger partial charge on any atom is 0.325 e. The molecular formula is C30H34N4O4. The Morgan fingerprint density at radius 3 is 2.42 bits per heavy atom. The number of hydrogen-bond acceptors (Lipinski definition) is 5. The number of H-pyrrole nitrogens is 1. The molecule has 0 saturated carbocycles. The van der Waals surface area contributed by atoms with Crippen molar-refractivity contribution in [3.8, 4) is 5.75 Å². The number of aryl methyl sites for hydroxylation is 1. The van der Waals surface area contributed by atoms with Gasteiger partial charge in [-0.25, -0.2) is 9.78 Å². The van der Waals surface area contributed by atoms with Crippen LogP contribution in [-0.4, -0.2) is 45.1 Å². The predicted octanol–water partition coefficient (Wildman–Crippen LogP) is 5.41. The van der Waals surface area contributed by atoms with Crippen LogP contribution in [0.5, 0.6) is 5.75 Å². The van der Waals surface area contributed by atoms with Crippen molar-refractivity contribution in [2.75, 3.05) is 13.2 Å². The molecule has 0 spiro atoms. The normalized spacial score (nSPS) is 16.6. The maximum atomic E-state index is 13.7. The number of nitrogens with zero attached hydrogens (tertiary/aromatic N) is 2. The van der Waals surface area contributed by atoms with Crippen LogP contribution in [0.4, 0.5) is 4.79 Å². The predicted molar refractivity (Wildman–Crippen MR) is 147 cm³/mol. The van der Waals surface area contributed by atoms with Gasteiger partial charge in [-0.05, 0) is 47.9 Å². The number of aromatic amines is 1. The van der Waals surface area contributed by atoms with Crippen molar-refractivity contribution in [2.45, 2.75) is 45.7 Å². The first-order chi connectivity index (χ1) is 18.5. The summed E-state index contributed by atoms with van der Waals surface area (Å²) in [5, 5.41) is 11.8. The van der Waals surface area contributed by atoms with Gasteiger partial charge in [0.2, 0.25) is 0 Å². The highest BCUT2D eigenvalue weighted by molar-refractivity contribution is 6.05. The monoisotopic (exact) mass is 514 g/mol. The van der Waals surface area contributed by atoms with E-state index in [-0.39, 0.29) is 25.0 Å². The molecular weight excluding hydrogens is 480 g/mol. The molecule has 1 saturated heterocycles. The lowest BCUT2D eigenvalue weighted by Crippen LogP contribution is -2.38. The summed E-state index contributed by atoms with van der Waals surface area (Å²) in [5.74, 6) is 0.586. The Balaban J connectivity index is 0.00000164. The van der Waals surface area contributed by atoms with E-state index in [1.807, 2.05) is 76.2 Å². The van der Waals surface area contributed by atoms with Gasteiger partial charge in [-0.15, -0.1) is 0 Å². The fraction of sp³-hybridized carbons (Fsp3) is 0.300. The maximum absolute atomic E-state index is 13.7. The van der Waals surface area contributed by atoms with Crippen molar-refractivity contribution in [3.05, 3.63) is 95.3 Å². The topological polar surface area (TPSA) is 108 Å². The van der Waals surface area contributed by atoms with E-state index in [0.717, 1.165) is 22.2 Å². The quantitative estimate of drug-likeness (QED) is 0.273. The highest BCUT2D eigenvalue weighted by Crippen LogP contribution is 2.39. The van der Waals surface area contributed by atoms with Crippen molar-refractivity contribution >= 4 is 23.0 Å². The van der Waals surface area contributed by atoms with Crippen LogP contribution in [-0.2, 0) is 4.79 Å². The Morgan fingerprint density at radius 2 is 1.74 bits per heavy atom. The molecule has 3 N–H and O–H groups in total. The molecule has 1 aliphatic heterocycles. The second kappa shape index (κ2) is 11.9. The molecule has 0 radical (unpaired) electrons. The average Bonchev–Trinajstić information content (AvgIpc) is 3.49. The van der Waals surface area contributed by atoms with Gasteiger partial charge < -0.3 is 20.1 Å². The summed E-state index contributed by atoms with van der Waals surface area (Å²) < 4.78 is 5.41. The van der Waals surface area contributed by atoms with Crippen molar-refractivity contribution in [2.24, 2.45) is 0 Å². The molecule has 1 fully saturated rings. The molecule has 1 aromatic heterocycles. The summed E-state index contributed by atoms with van der Waals surface area (Å²) in [6.07, 6.45) is 0. The fourth-order valence-corrected chi connectivity index (χ4v) is 4.71. The van der Waals surface area contributed by atoms with Crippen LogP contribution in [0, 0.1) is 6.92 Å². The molecule has 38 heavy (non-hydrogen) atoms. The van der Waals surface area contributed by atoms with Gasteiger partial charge in [-0.3, -0.25) is 9.69 Å². The van der Waals surface area contributed by atoms with E-state index in [0.29, 0.717) is 17.1 Å². The fourth-order valence-electron chi connectivity index (χ4n) is 4.71. The van der Waals surface area contributed by atoms with Gasteiger partial charge in [0, 0.05) is 5.92 Å². The van der Waals surface area contributed by atoms with Crippen LogP contribution in [0.3, 0.4) is 0 Å². The summed E-state index contributed by atoms with van der Waals surface area (Å²) in [4.78, 5) is 36.5. The van der Waals surface area contributed by atoms with Crippen LogP contribution < -0.4 is 10.1 Å². The zero-order valence-electron chi connectivity index (χ0n) is 22.1. The molecule has 3 amide bonds. The Hall–Kier alpha value is -4.17. The lowest BCUT2D eigenvalue weighted by Gasteiger charge is -2.29. The Bertz CT molecular complexity index is 1380. The molecule has 3 aromatic carbocycles. The summed E-state index contributed by atoms with van der Waals surface area (Å²) in [7, 11) is 0. The molecule has 4 aromatic rings. The van der Waals surface area contributed by atoms with Gasteiger partial charge in [0.1, 0.15) is 30.3 Å².